The second kappa shape index (κ2) is 4.28. The van der Waals surface area contributed by atoms with Crippen LogP contribution in [0.15, 0.2) is 24.3 Å². The zero-order valence-corrected chi connectivity index (χ0v) is 8.08. The molecule has 0 spiro atoms. The van der Waals surface area contributed by atoms with Crippen molar-refractivity contribution in [1.29, 1.82) is 0 Å². The summed E-state index contributed by atoms with van der Waals surface area (Å²) in [6.07, 6.45) is 0.579. The fraction of sp³-hybridized carbons (Fsp3) is 0.300. The van der Waals surface area contributed by atoms with Gasteiger partial charge in [-0.15, -0.1) is 0 Å². The SMILES string of the molecule is CC[C@@H](C(=O)O)c1cccc(Cl)c1. The van der Waals surface area contributed by atoms with Crippen LogP contribution in [0.1, 0.15) is 24.8 Å². The molecule has 0 radical (unpaired) electrons. The maximum atomic E-state index is 10.8. The molecular weight excluding hydrogens is 188 g/mol. The van der Waals surface area contributed by atoms with Gasteiger partial charge in [-0.3, -0.25) is 4.79 Å². The van der Waals surface area contributed by atoms with Crippen LogP contribution in [-0.2, 0) is 4.79 Å². The van der Waals surface area contributed by atoms with E-state index in [1.165, 1.54) is 0 Å². The minimum absolute atomic E-state index is 0.446. The van der Waals surface area contributed by atoms with Crippen LogP contribution in [0.5, 0.6) is 0 Å². The highest BCUT2D eigenvalue weighted by atomic mass is 35.5. The lowest BCUT2D eigenvalue weighted by molar-refractivity contribution is -0.138. The smallest absolute Gasteiger partial charge is 0.310 e. The first-order valence-corrected chi connectivity index (χ1v) is 4.51. The molecule has 1 N–H and O–H groups in total. The monoisotopic (exact) mass is 198 g/mol. The second-order valence-corrected chi connectivity index (χ2v) is 3.29. The summed E-state index contributed by atoms with van der Waals surface area (Å²) in [7, 11) is 0. The molecule has 0 fully saturated rings. The van der Waals surface area contributed by atoms with Crippen LogP contribution in [0.2, 0.25) is 5.02 Å². The van der Waals surface area contributed by atoms with Crippen LogP contribution < -0.4 is 0 Å². The number of rotatable bonds is 3. The lowest BCUT2D eigenvalue weighted by atomic mass is 9.97. The molecule has 0 aliphatic heterocycles. The summed E-state index contributed by atoms with van der Waals surface area (Å²) in [6.45, 7) is 1.85. The Morgan fingerprint density at radius 3 is 2.77 bits per heavy atom. The zero-order chi connectivity index (χ0) is 9.84. The molecule has 70 valence electrons. The van der Waals surface area contributed by atoms with E-state index in [9.17, 15) is 4.79 Å². The molecule has 1 aromatic carbocycles. The van der Waals surface area contributed by atoms with Crippen molar-refractivity contribution in [3.63, 3.8) is 0 Å². The number of hydrogen-bond donors (Lipinski definition) is 1. The Morgan fingerprint density at radius 1 is 1.62 bits per heavy atom. The first kappa shape index (κ1) is 10.1. The van der Waals surface area contributed by atoms with Crippen molar-refractivity contribution in [3.05, 3.63) is 34.9 Å². The number of hydrogen-bond acceptors (Lipinski definition) is 1. The summed E-state index contributed by atoms with van der Waals surface area (Å²) in [6, 6.07) is 6.99. The summed E-state index contributed by atoms with van der Waals surface area (Å²) in [5.41, 5.74) is 0.766. The number of carbonyl (C=O) groups is 1. The zero-order valence-electron chi connectivity index (χ0n) is 7.33. The quantitative estimate of drug-likeness (QED) is 0.811. The number of benzene rings is 1. The molecule has 0 bridgehead atoms. The summed E-state index contributed by atoms with van der Waals surface area (Å²) in [5, 5.41) is 9.46. The first-order chi connectivity index (χ1) is 6.15. The van der Waals surface area contributed by atoms with Gasteiger partial charge in [-0.1, -0.05) is 30.7 Å². The first-order valence-electron chi connectivity index (χ1n) is 4.13. The van der Waals surface area contributed by atoms with Gasteiger partial charge in [0.05, 0.1) is 5.92 Å². The summed E-state index contributed by atoms with van der Waals surface area (Å²) in [5.74, 6) is -1.25. The van der Waals surface area contributed by atoms with E-state index in [1.807, 2.05) is 6.92 Å². The third kappa shape index (κ3) is 2.46. The largest absolute Gasteiger partial charge is 0.481 e. The highest BCUT2D eigenvalue weighted by Crippen LogP contribution is 2.22. The highest BCUT2D eigenvalue weighted by molar-refractivity contribution is 6.30. The van der Waals surface area contributed by atoms with Crippen molar-refractivity contribution in [2.75, 3.05) is 0 Å². The second-order valence-electron chi connectivity index (χ2n) is 2.85. The topological polar surface area (TPSA) is 37.3 Å². The van der Waals surface area contributed by atoms with Gasteiger partial charge in [0.2, 0.25) is 0 Å². The van der Waals surface area contributed by atoms with Gasteiger partial charge >= 0.3 is 5.97 Å². The fourth-order valence-electron chi connectivity index (χ4n) is 1.28. The van der Waals surface area contributed by atoms with Crippen LogP contribution in [0, 0.1) is 0 Å². The molecule has 0 aliphatic carbocycles. The number of aliphatic carboxylic acids is 1. The van der Waals surface area contributed by atoms with Crippen LogP contribution in [0.4, 0.5) is 0 Å². The predicted molar refractivity (Wildman–Crippen MR) is 52.1 cm³/mol. The molecule has 0 aromatic heterocycles. The molecule has 1 aromatic rings. The van der Waals surface area contributed by atoms with E-state index < -0.39 is 11.9 Å². The van der Waals surface area contributed by atoms with Crippen LogP contribution in [0.3, 0.4) is 0 Å². The van der Waals surface area contributed by atoms with Gasteiger partial charge in [0.1, 0.15) is 0 Å². The van der Waals surface area contributed by atoms with E-state index in [2.05, 4.69) is 0 Å². The van der Waals surface area contributed by atoms with Crippen LogP contribution >= 0.6 is 11.6 Å². The molecule has 0 heterocycles. The Hall–Kier alpha value is -1.02. The lowest BCUT2D eigenvalue weighted by Crippen LogP contribution is -2.10. The van der Waals surface area contributed by atoms with Gasteiger partial charge in [0.25, 0.3) is 0 Å². The molecule has 0 saturated carbocycles. The molecular formula is C10H11ClO2. The molecule has 3 heteroatoms. The Balaban J connectivity index is 2.98. The molecule has 1 atom stereocenters. The van der Waals surface area contributed by atoms with E-state index in [1.54, 1.807) is 24.3 Å². The van der Waals surface area contributed by atoms with Crippen LogP contribution in [0.25, 0.3) is 0 Å². The molecule has 1 rings (SSSR count). The molecule has 0 amide bonds. The minimum atomic E-state index is -0.801. The lowest BCUT2D eigenvalue weighted by Gasteiger charge is -2.09. The van der Waals surface area contributed by atoms with E-state index in [0.29, 0.717) is 11.4 Å². The van der Waals surface area contributed by atoms with E-state index in [0.717, 1.165) is 5.56 Å². The Labute approximate surface area is 82.2 Å². The Kier molecular flexibility index (Phi) is 3.32. The minimum Gasteiger partial charge on any atom is -0.481 e. The van der Waals surface area contributed by atoms with Crippen molar-refractivity contribution in [2.24, 2.45) is 0 Å². The Morgan fingerprint density at radius 2 is 2.31 bits per heavy atom. The van der Waals surface area contributed by atoms with Crippen LogP contribution in [-0.4, -0.2) is 11.1 Å². The van der Waals surface area contributed by atoms with E-state index in [4.69, 9.17) is 16.7 Å². The van der Waals surface area contributed by atoms with Gasteiger partial charge in [-0.25, -0.2) is 0 Å². The van der Waals surface area contributed by atoms with Gasteiger partial charge in [-0.2, -0.15) is 0 Å². The predicted octanol–water partition coefficient (Wildman–Crippen LogP) is 2.92. The number of carboxylic acid groups (broad SMARTS) is 1. The third-order valence-electron chi connectivity index (χ3n) is 1.96. The maximum Gasteiger partial charge on any atom is 0.310 e. The van der Waals surface area contributed by atoms with Crippen molar-refractivity contribution >= 4 is 17.6 Å². The fourth-order valence-corrected chi connectivity index (χ4v) is 1.47. The van der Waals surface area contributed by atoms with Crippen molar-refractivity contribution < 1.29 is 9.90 Å². The van der Waals surface area contributed by atoms with Gasteiger partial charge in [-0.05, 0) is 24.1 Å². The molecule has 2 nitrogen and oxygen atoms in total. The third-order valence-corrected chi connectivity index (χ3v) is 2.19. The van der Waals surface area contributed by atoms with E-state index >= 15 is 0 Å². The molecule has 0 saturated heterocycles. The summed E-state index contributed by atoms with van der Waals surface area (Å²) in [4.78, 5) is 10.8. The maximum absolute atomic E-state index is 10.8. The summed E-state index contributed by atoms with van der Waals surface area (Å²) >= 11 is 5.76. The van der Waals surface area contributed by atoms with Gasteiger partial charge in [0.15, 0.2) is 0 Å². The van der Waals surface area contributed by atoms with Gasteiger partial charge < -0.3 is 5.11 Å². The van der Waals surface area contributed by atoms with Crippen molar-refractivity contribution in [1.82, 2.24) is 0 Å². The standard InChI is InChI=1S/C10H11ClO2/c1-2-9(10(12)13)7-4-3-5-8(11)6-7/h3-6,9H,2H2,1H3,(H,12,13)/t9-/m1/s1. The average molecular weight is 199 g/mol. The highest BCUT2D eigenvalue weighted by Gasteiger charge is 2.16. The van der Waals surface area contributed by atoms with Crippen molar-refractivity contribution in [3.8, 4) is 0 Å². The number of carboxylic acids is 1. The van der Waals surface area contributed by atoms with E-state index in [-0.39, 0.29) is 0 Å². The average Bonchev–Trinajstić information content (AvgIpc) is 2.04. The summed E-state index contributed by atoms with van der Waals surface area (Å²) < 4.78 is 0. The Bertz CT molecular complexity index is 310. The molecule has 13 heavy (non-hydrogen) atoms. The number of halogens is 1. The molecule has 0 aliphatic rings. The normalized spacial score (nSPS) is 12.5. The molecule has 0 unspecified atom stereocenters. The van der Waals surface area contributed by atoms with Gasteiger partial charge in [0, 0.05) is 5.02 Å². The van der Waals surface area contributed by atoms with Crippen molar-refractivity contribution in [2.45, 2.75) is 19.3 Å².